The second-order valence-electron chi connectivity index (χ2n) is 4.34. The van der Waals surface area contributed by atoms with E-state index in [1.807, 2.05) is 13.0 Å². The van der Waals surface area contributed by atoms with E-state index >= 15 is 0 Å². The van der Waals surface area contributed by atoms with Crippen LogP contribution >= 0.6 is 0 Å². The van der Waals surface area contributed by atoms with Crippen molar-refractivity contribution < 1.29 is 8.42 Å². The molecule has 0 bridgehead atoms. The Kier molecular flexibility index (Phi) is 4.67. The van der Waals surface area contributed by atoms with Crippen LogP contribution in [0.1, 0.15) is 18.3 Å². The number of nitrogens with zero attached hydrogens (tertiary/aromatic N) is 4. The van der Waals surface area contributed by atoms with Crippen LogP contribution in [0.3, 0.4) is 0 Å². The van der Waals surface area contributed by atoms with Gasteiger partial charge < -0.3 is 4.57 Å². The number of nitriles is 1. The Morgan fingerprint density at radius 1 is 1.33 bits per heavy atom. The van der Waals surface area contributed by atoms with E-state index in [2.05, 4.69) is 14.9 Å². The fourth-order valence-electron chi connectivity index (χ4n) is 1.80. The standard InChI is InChI=1S/C13H15N5O2S/c1-2-18-10-15-17-13(18)9-16-21(19,20)12-5-3-11(4-6-12)7-8-14/h3-6,10,16H,2,7,9H2,1H3. The summed E-state index contributed by atoms with van der Waals surface area (Å²) in [5, 5.41) is 16.2. The van der Waals surface area contributed by atoms with Gasteiger partial charge in [0, 0.05) is 6.54 Å². The molecular formula is C13H15N5O2S. The minimum absolute atomic E-state index is 0.0795. The summed E-state index contributed by atoms with van der Waals surface area (Å²) >= 11 is 0. The van der Waals surface area contributed by atoms with E-state index in [1.54, 1.807) is 23.0 Å². The number of hydrogen-bond donors (Lipinski definition) is 1. The molecule has 0 aliphatic carbocycles. The first kappa shape index (κ1) is 15.2. The van der Waals surface area contributed by atoms with Crippen LogP contribution in [0.4, 0.5) is 0 Å². The predicted molar refractivity (Wildman–Crippen MR) is 75.5 cm³/mol. The average Bonchev–Trinajstić information content (AvgIpc) is 2.94. The SMILES string of the molecule is CCn1cnnc1CNS(=O)(=O)c1ccc(CC#N)cc1. The molecule has 0 radical (unpaired) electrons. The largest absolute Gasteiger partial charge is 0.317 e. The van der Waals surface area contributed by atoms with E-state index in [1.165, 1.54) is 12.1 Å². The number of rotatable bonds is 6. The van der Waals surface area contributed by atoms with Crippen molar-refractivity contribution in [3.05, 3.63) is 42.0 Å². The Morgan fingerprint density at radius 3 is 2.67 bits per heavy atom. The number of sulfonamides is 1. The van der Waals surface area contributed by atoms with Crippen LogP contribution in [0.15, 0.2) is 35.5 Å². The fraction of sp³-hybridized carbons (Fsp3) is 0.308. The highest BCUT2D eigenvalue weighted by Gasteiger charge is 2.15. The van der Waals surface area contributed by atoms with E-state index in [-0.39, 0.29) is 17.9 Å². The van der Waals surface area contributed by atoms with E-state index in [4.69, 9.17) is 5.26 Å². The smallest absolute Gasteiger partial charge is 0.240 e. The number of hydrogen-bond acceptors (Lipinski definition) is 5. The third kappa shape index (κ3) is 3.65. The van der Waals surface area contributed by atoms with Gasteiger partial charge in [-0.3, -0.25) is 0 Å². The maximum Gasteiger partial charge on any atom is 0.240 e. The molecule has 0 saturated heterocycles. The fourth-order valence-corrected chi connectivity index (χ4v) is 2.78. The Labute approximate surface area is 123 Å². The molecule has 2 rings (SSSR count). The zero-order valence-electron chi connectivity index (χ0n) is 11.5. The molecule has 1 N–H and O–H groups in total. The summed E-state index contributed by atoms with van der Waals surface area (Å²) in [4.78, 5) is 0.159. The molecule has 1 aromatic heterocycles. The lowest BCUT2D eigenvalue weighted by atomic mass is 10.2. The lowest BCUT2D eigenvalue weighted by Gasteiger charge is -2.07. The molecule has 0 atom stereocenters. The third-order valence-corrected chi connectivity index (χ3v) is 4.39. The highest BCUT2D eigenvalue weighted by atomic mass is 32.2. The Balaban J connectivity index is 2.10. The van der Waals surface area contributed by atoms with Crippen LogP contribution in [-0.4, -0.2) is 23.2 Å². The second-order valence-corrected chi connectivity index (χ2v) is 6.10. The summed E-state index contributed by atoms with van der Waals surface area (Å²) in [5.41, 5.74) is 0.780. The molecule has 0 amide bonds. The highest BCUT2D eigenvalue weighted by molar-refractivity contribution is 7.89. The van der Waals surface area contributed by atoms with Crippen LogP contribution in [0, 0.1) is 11.3 Å². The van der Waals surface area contributed by atoms with Crippen molar-refractivity contribution in [2.45, 2.75) is 31.3 Å². The van der Waals surface area contributed by atoms with Crippen LogP contribution in [0.25, 0.3) is 0 Å². The molecule has 110 valence electrons. The summed E-state index contributed by atoms with van der Waals surface area (Å²) < 4.78 is 28.6. The zero-order chi connectivity index (χ0) is 15.3. The van der Waals surface area contributed by atoms with Gasteiger partial charge in [-0.2, -0.15) is 5.26 Å². The molecule has 0 aliphatic heterocycles. The molecule has 1 heterocycles. The van der Waals surface area contributed by atoms with Crippen molar-refractivity contribution >= 4 is 10.0 Å². The summed E-state index contributed by atoms with van der Waals surface area (Å²) in [6.07, 6.45) is 1.81. The minimum atomic E-state index is -3.61. The first-order valence-electron chi connectivity index (χ1n) is 6.39. The van der Waals surface area contributed by atoms with Gasteiger partial charge in [0.05, 0.1) is 23.9 Å². The van der Waals surface area contributed by atoms with Gasteiger partial charge in [-0.15, -0.1) is 10.2 Å². The maximum absolute atomic E-state index is 12.2. The lowest BCUT2D eigenvalue weighted by molar-refractivity contribution is 0.575. The molecule has 0 saturated carbocycles. The van der Waals surface area contributed by atoms with Crippen molar-refractivity contribution in [1.29, 1.82) is 5.26 Å². The number of nitrogens with one attached hydrogen (secondary N) is 1. The first-order chi connectivity index (χ1) is 10.1. The van der Waals surface area contributed by atoms with E-state index in [0.29, 0.717) is 12.4 Å². The first-order valence-corrected chi connectivity index (χ1v) is 7.87. The molecule has 0 aliphatic rings. The van der Waals surface area contributed by atoms with E-state index < -0.39 is 10.0 Å². The molecule has 7 nitrogen and oxygen atoms in total. The molecule has 0 spiro atoms. The Bertz CT molecular complexity index is 744. The van der Waals surface area contributed by atoms with Gasteiger partial charge in [0.15, 0.2) is 0 Å². The van der Waals surface area contributed by atoms with Crippen LogP contribution < -0.4 is 4.72 Å². The monoisotopic (exact) mass is 305 g/mol. The van der Waals surface area contributed by atoms with Gasteiger partial charge in [-0.25, -0.2) is 13.1 Å². The second kappa shape index (κ2) is 6.47. The van der Waals surface area contributed by atoms with Crippen molar-refractivity contribution in [1.82, 2.24) is 19.5 Å². The predicted octanol–water partition coefficient (Wildman–Crippen LogP) is 0.843. The Hall–Kier alpha value is -2.24. The van der Waals surface area contributed by atoms with Gasteiger partial charge >= 0.3 is 0 Å². The minimum Gasteiger partial charge on any atom is -0.317 e. The normalized spacial score (nSPS) is 11.2. The third-order valence-electron chi connectivity index (χ3n) is 2.97. The topological polar surface area (TPSA) is 101 Å². The summed E-state index contributed by atoms with van der Waals surface area (Å²) in [5.74, 6) is 0.558. The summed E-state index contributed by atoms with van der Waals surface area (Å²) in [6.45, 7) is 2.68. The molecule has 1 aromatic carbocycles. The van der Waals surface area contributed by atoms with Gasteiger partial charge in [0.1, 0.15) is 12.2 Å². The number of aromatic nitrogens is 3. The molecule has 21 heavy (non-hydrogen) atoms. The van der Waals surface area contributed by atoms with Crippen molar-refractivity contribution in [3.8, 4) is 6.07 Å². The van der Waals surface area contributed by atoms with Crippen LogP contribution in [-0.2, 0) is 29.5 Å². The molecule has 0 fully saturated rings. The van der Waals surface area contributed by atoms with Gasteiger partial charge in [-0.1, -0.05) is 12.1 Å². The molecular weight excluding hydrogens is 290 g/mol. The summed E-state index contributed by atoms with van der Waals surface area (Å²) in [6, 6.07) is 8.25. The zero-order valence-corrected chi connectivity index (χ0v) is 12.3. The van der Waals surface area contributed by atoms with Crippen molar-refractivity contribution in [3.63, 3.8) is 0 Å². The molecule has 0 unspecified atom stereocenters. The summed E-state index contributed by atoms with van der Waals surface area (Å²) in [7, 11) is -3.61. The van der Waals surface area contributed by atoms with E-state index in [9.17, 15) is 8.42 Å². The van der Waals surface area contributed by atoms with Gasteiger partial charge in [0.25, 0.3) is 0 Å². The van der Waals surface area contributed by atoms with Gasteiger partial charge in [0.2, 0.25) is 10.0 Å². The maximum atomic E-state index is 12.2. The average molecular weight is 305 g/mol. The molecule has 2 aromatic rings. The van der Waals surface area contributed by atoms with E-state index in [0.717, 1.165) is 5.56 Å². The lowest BCUT2D eigenvalue weighted by Crippen LogP contribution is -2.25. The highest BCUT2D eigenvalue weighted by Crippen LogP contribution is 2.11. The Morgan fingerprint density at radius 2 is 2.05 bits per heavy atom. The molecule has 8 heteroatoms. The van der Waals surface area contributed by atoms with Crippen LogP contribution in [0.5, 0.6) is 0 Å². The van der Waals surface area contributed by atoms with Crippen molar-refractivity contribution in [2.75, 3.05) is 0 Å². The quantitative estimate of drug-likeness (QED) is 0.852. The van der Waals surface area contributed by atoms with Crippen molar-refractivity contribution in [2.24, 2.45) is 0 Å². The number of aryl methyl sites for hydroxylation is 1. The van der Waals surface area contributed by atoms with Gasteiger partial charge in [-0.05, 0) is 24.6 Å². The number of benzene rings is 1. The van der Waals surface area contributed by atoms with Crippen LogP contribution in [0.2, 0.25) is 0 Å².